The second-order valence-corrected chi connectivity index (χ2v) is 5.23. The number of nitrogen functional groups attached to an aromatic ring is 1. The molecule has 0 saturated heterocycles. The van der Waals surface area contributed by atoms with Crippen molar-refractivity contribution in [1.82, 2.24) is 4.98 Å². The van der Waals surface area contributed by atoms with Crippen LogP contribution in [-0.4, -0.2) is 31.4 Å². The van der Waals surface area contributed by atoms with E-state index in [-0.39, 0.29) is 6.10 Å². The summed E-state index contributed by atoms with van der Waals surface area (Å²) in [5.41, 5.74) is 6.61. The molecule has 0 bridgehead atoms. The average Bonchev–Trinajstić information content (AvgIpc) is 2.49. The highest BCUT2D eigenvalue weighted by Crippen LogP contribution is 2.39. The maximum absolute atomic E-state index is 9.58. The van der Waals surface area contributed by atoms with Gasteiger partial charge in [-0.15, -0.1) is 0 Å². The maximum Gasteiger partial charge on any atom is 0.0995 e. The molecule has 0 amide bonds. The number of hydrogen-bond acceptors (Lipinski definition) is 5. The van der Waals surface area contributed by atoms with Gasteiger partial charge in [0.15, 0.2) is 0 Å². The van der Waals surface area contributed by atoms with Crippen LogP contribution < -0.4 is 5.73 Å². The van der Waals surface area contributed by atoms with Crippen LogP contribution in [0.25, 0.3) is 0 Å². The predicted molar refractivity (Wildman–Crippen MR) is 76.0 cm³/mol. The summed E-state index contributed by atoms with van der Waals surface area (Å²) >= 11 is 0. The van der Waals surface area contributed by atoms with Crippen LogP contribution in [0.5, 0.6) is 0 Å². The minimum Gasteiger partial charge on any atom is -0.397 e. The Morgan fingerprint density at radius 3 is 2.70 bits per heavy atom. The second-order valence-electron chi connectivity index (χ2n) is 5.23. The van der Waals surface area contributed by atoms with Gasteiger partial charge in [0, 0.05) is 7.11 Å². The Morgan fingerprint density at radius 1 is 1.40 bits per heavy atom. The number of hydrogen-bond donors (Lipinski definition) is 1. The summed E-state index contributed by atoms with van der Waals surface area (Å²) in [4.78, 5) is 4.34. The lowest BCUT2D eigenvalue weighted by molar-refractivity contribution is -0.00749. The molecule has 1 saturated carbocycles. The third kappa shape index (κ3) is 3.27. The number of aromatic nitrogens is 1. The number of ether oxygens (including phenoxy) is 2. The van der Waals surface area contributed by atoms with Gasteiger partial charge in [-0.05, 0) is 37.8 Å². The lowest BCUT2D eigenvalue weighted by Crippen LogP contribution is -2.34. The minimum atomic E-state index is -0.491. The highest BCUT2D eigenvalue weighted by molar-refractivity contribution is 5.38. The Morgan fingerprint density at radius 2 is 2.15 bits per heavy atom. The van der Waals surface area contributed by atoms with Gasteiger partial charge in [-0.3, -0.25) is 4.98 Å². The van der Waals surface area contributed by atoms with Crippen molar-refractivity contribution in [1.29, 1.82) is 5.26 Å². The largest absolute Gasteiger partial charge is 0.397 e. The zero-order chi connectivity index (χ0) is 14.4. The molecule has 1 aliphatic rings. The van der Waals surface area contributed by atoms with Crippen molar-refractivity contribution in [3.05, 3.63) is 24.0 Å². The molecule has 1 heterocycles. The van der Waals surface area contributed by atoms with Gasteiger partial charge < -0.3 is 15.2 Å². The fraction of sp³-hybridized carbons (Fsp3) is 0.600. The van der Waals surface area contributed by atoms with Crippen molar-refractivity contribution in [3.63, 3.8) is 0 Å². The number of nitrogens with zero attached hydrogens (tertiary/aromatic N) is 2. The molecule has 2 rings (SSSR count). The van der Waals surface area contributed by atoms with E-state index >= 15 is 0 Å². The number of rotatable bonds is 5. The Kier molecular flexibility index (Phi) is 4.94. The summed E-state index contributed by atoms with van der Waals surface area (Å²) in [5, 5.41) is 9.58. The van der Waals surface area contributed by atoms with E-state index in [9.17, 15) is 5.26 Å². The summed E-state index contributed by atoms with van der Waals surface area (Å²) in [6.07, 6.45) is 5.15. The molecular formula is C15H21N3O2. The zero-order valence-electron chi connectivity index (χ0n) is 11.8. The molecule has 5 heteroatoms. The third-order valence-corrected chi connectivity index (χ3v) is 3.92. The fourth-order valence-electron chi connectivity index (χ4n) is 2.66. The summed E-state index contributed by atoms with van der Waals surface area (Å²) in [7, 11) is 1.66. The summed E-state index contributed by atoms with van der Waals surface area (Å²) in [6.45, 7) is 1.22. The molecule has 1 aliphatic carbocycles. The Labute approximate surface area is 119 Å². The van der Waals surface area contributed by atoms with Gasteiger partial charge >= 0.3 is 0 Å². The standard InChI is InChI=1S/C15H21N3O2/c1-19-8-9-20-13-4-6-15(11-16,7-5-13)14-3-2-12(17)10-18-14/h2-3,10,13H,4-9,17H2,1H3/t13-,15-. The molecule has 0 unspecified atom stereocenters. The van der Waals surface area contributed by atoms with Crippen molar-refractivity contribution in [2.24, 2.45) is 0 Å². The molecule has 0 aromatic carbocycles. The van der Waals surface area contributed by atoms with Gasteiger partial charge in [0.1, 0.15) is 0 Å². The zero-order valence-corrected chi connectivity index (χ0v) is 11.8. The topological polar surface area (TPSA) is 81.2 Å². The molecule has 20 heavy (non-hydrogen) atoms. The van der Waals surface area contributed by atoms with Gasteiger partial charge in [-0.1, -0.05) is 0 Å². The Hall–Kier alpha value is -1.64. The van der Waals surface area contributed by atoms with E-state index in [2.05, 4.69) is 11.1 Å². The number of nitriles is 1. The summed E-state index contributed by atoms with van der Waals surface area (Å²) in [6, 6.07) is 6.13. The Balaban J connectivity index is 1.98. The molecule has 2 N–H and O–H groups in total. The number of methoxy groups -OCH3 is 1. The molecular weight excluding hydrogens is 254 g/mol. The molecule has 1 aromatic rings. The van der Waals surface area contributed by atoms with Crippen LogP contribution in [-0.2, 0) is 14.9 Å². The monoisotopic (exact) mass is 275 g/mol. The first-order valence-corrected chi connectivity index (χ1v) is 6.94. The van der Waals surface area contributed by atoms with Gasteiger partial charge in [-0.2, -0.15) is 5.26 Å². The quantitative estimate of drug-likeness (QED) is 0.831. The maximum atomic E-state index is 9.58. The first kappa shape index (κ1) is 14.8. The SMILES string of the molecule is COCCO[C@H]1CC[C@](C#N)(c2ccc(N)cn2)CC1. The number of nitrogens with two attached hydrogens (primary N) is 1. The van der Waals surface area contributed by atoms with Crippen molar-refractivity contribution < 1.29 is 9.47 Å². The van der Waals surface area contributed by atoms with Crippen LogP contribution in [0.3, 0.4) is 0 Å². The van der Waals surface area contributed by atoms with E-state index in [0.717, 1.165) is 31.4 Å². The van der Waals surface area contributed by atoms with Crippen molar-refractivity contribution >= 4 is 5.69 Å². The van der Waals surface area contributed by atoms with Gasteiger partial charge in [0.2, 0.25) is 0 Å². The lowest BCUT2D eigenvalue weighted by atomic mass is 9.72. The van der Waals surface area contributed by atoms with Crippen LogP contribution in [0.1, 0.15) is 31.4 Å². The van der Waals surface area contributed by atoms with Crippen molar-refractivity contribution in [3.8, 4) is 6.07 Å². The lowest BCUT2D eigenvalue weighted by Gasteiger charge is -2.34. The predicted octanol–water partition coefficient (Wildman–Crippen LogP) is 2.03. The Bertz CT molecular complexity index is 459. The molecule has 0 radical (unpaired) electrons. The first-order chi connectivity index (χ1) is 9.70. The smallest absolute Gasteiger partial charge is 0.0995 e. The van der Waals surface area contributed by atoms with Gasteiger partial charge in [0.25, 0.3) is 0 Å². The van der Waals surface area contributed by atoms with E-state index < -0.39 is 5.41 Å². The molecule has 0 aliphatic heterocycles. The van der Waals surface area contributed by atoms with Crippen LogP contribution in [0.15, 0.2) is 18.3 Å². The van der Waals surface area contributed by atoms with Crippen LogP contribution in [0.4, 0.5) is 5.69 Å². The molecule has 1 aromatic heterocycles. The van der Waals surface area contributed by atoms with E-state index in [1.807, 2.05) is 12.1 Å². The van der Waals surface area contributed by atoms with Gasteiger partial charge in [-0.25, -0.2) is 0 Å². The molecule has 0 spiro atoms. The normalized spacial score (nSPS) is 26.1. The molecule has 5 nitrogen and oxygen atoms in total. The highest BCUT2D eigenvalue weighted by Gasteiger charge is 2.38. The summed E-state index contributed by atoms with van der Waals surface area (Å²) in [5.74, 6) is 0. The van der Waals surface area contributed by atoms with Crippen molar-refractivity contribution in [2.75, 3.05) is 26.1 Å². The summed E-state index contributed by atoms with van der Waals surface area (Å²) < 4.78 is 10.7. The van der Waals surface area contributed by atoms with E-state index in [1.54, 1.807) is 13.3 Å². The fourth-order valence-corrected chi connectivity index (χ4v) is 2.66. The first-order valence-electron chi connectivity index (χ1n) is 6.94. The van der Waals surface area contributed by atoms with E-state index in [0.29, 0.717) is 18.9 Å². The van der Waals surface area contributed by atoms with Crippen LogP contribution in [0, 0.1) is 11.3 Å². The van der Waals surface area contributed by atoms with Crippen LogP contribution in [0.2, 0.25) is 0 Å². The highest BCUT2D eigenvalue weighted by atomic mass is 16.5. The minimum absolute atomic E-state index is 0.223. The molecule has 0 atom stereocenters. The van der Waals surface area contributed by atoms with E-state index in [1.165, 1.54) is 0 Å². The number of pyridine rings is 1. The van der Waals surface area contributed by atoms with Gasteiger partial charge in [0.05, 0.1) is 48.4 Å². The molecule has 108 valence electrons. The van der Waals surface area contributed by atoms with Crippen molar-refractivity contribution in [2.45, 2.75) is 37.2 Å². The molecule has 1 fully saturated rings. The third-order valence-electron chi connectivity index (χ3n) is 3.92. The van der Waals surface area contributed by atoms with Crippen LogP contribution >= 0.6 is 0 Å². The average molecular weight is 275 g/mol. The van der Waals surface area contributed by atoms with E-state index in [4.69, 9.17) is 15.2 Å². The second kappa shape index (κ2) is 6.69. The number of anilines is 1.